The average Bonchev–Trinajstić information content (AvgIpc) is 3.47. The Morgan fingerprint density at radius 2 is 1.78 bits per heavy atom. The predicted octanol–water partition coefficient (Wildman–Crippen LogP) is 3.38. The van der Waals surface area contributed by atoms with E-state index >= 15 is 0 Å². The van der Waals surface area contributed by atoms with Crippen molar-refractivity contribution < 1.29 is 4.79 Å². The van der Waals surface area contributed by atoms with Gasteiger partial charge in [-0.1, -0.05) is 54.1 Å². The van der Waals surface area contributed by atoms with Gasteiger partial charge in [-0.2, -0.15) is 5.10 Å². The Hall–Kier alpha value is -3.88. The van der Waals surface area contributed by atoms with Gasteiger partial charge < -0.3 is 15.6 Å². The minimum atomic E-state index is -0.206. The van der Waals surface area contributed by atoms with E-state index in [2.05, 4.69) is 21.4 Å². The van der Waals surface area contributed by atoms with Gasteiger partial charge in [0.05, 0.1) is 13.1 Å². The summed E-state index contributed by atoms with van der Waals surface area (Å²) < 4.78 is 3.34. The van der Waals surface area contributed by atoms with Gasteiger partial charge in [0.25, 0.3) is 11.5 Å². The average molecular weight is 517 g/mol. The number of hydrogen-bond donors (Lipinski definition) is 2. The fraction of sp³-hybridized carbons (Fsp3) is 0.250. The first kappa shape index (κ1) is 24.8. The minimum absolute atomic E-state index is 0.0316. The molecule has 0 bridgehead atoms. The standard InChI is InChI=1S/C28H29ClN6O2/c29-23-5-3-4-22(14-23)15-33-13-11-24(18-33)31-28(37)25-19-35(32-27(25)30)17-21-9-7-20(8-10-21)16-34-12-2-1-6-26(34)36/h1-10,12,14,19,24H,11,13,15-18H2,(H2,30,32)(H,31,37)/t24-/m0/s1. The summed E-state index contributed by atoms with van der Waals surface area (Å²) in [6.07, 6.45) is 4.35. The molecular formula is C28H29ClN6O2. The van der Waals surface area contributed by atoms with Crippen LogP contribution in [0.5, 0.6) is 0 Å². The zero-order valence-corrected chi connectivity index (χ0v) is 21.1. The topological polar surface area (TPSA) is 98.2 Å². The third kappa shape index (κ3) is 6.28. The van der Waals surface area contributed by atoms with Crippen LogP contribution in [0.2, 0.25) is 5.02 Å². The fourth-order valence-corrected chi connectivity index (χ4v) is 4.88. The molecule has 0 saturated carbocycles. The van der Waals surface area contributed by atoms with Crippen molar-refractivity contribution in [2.45, 2.75) is 32.1 Å². The van der Waals surface area contributed by atoms with Crippen molar-refractivity contribution in [1.82, 2.24) is 24.6 Å². The van der Waals surface area contributed by atoms with Gasteiger partial charge in [0, 0.05) is 49.2 Å². The third-order valence-corrected chi connectivity index (χ3v) is 6.79. The summed E-state index contributed by atoms with van der Waals surface area (Å²) >= 11 is 6.10. The van der Waals surface area contributed by atoms with Gasteiger partial charge in [-0.25, -0.2) is 0 Å². The molecule has 0 aliphatic carbocycles. The molecule has 4 aromatic rings. The lowest BCUT2D eigenvalue weighted by Crippen LogP contribution is -2.37. The number of nitrogens with one attached hydrogen (secondary N) is 1. The Morgan fingerprint density at radius 3 is 2.54 bits per heavy atom. The van der Waals surface area contributed by atoms with E-state index in [-0.39, 0.29) is 23.3 Å². The number of aromatic nitrogens is 3. The Bertz CT molecular complexity index is 1450. The Morgan fingerprint density at radius 1 is 1.00 bits per heavy atom. The van der Waals surface area contributed by atoms with Crippen molar-refractivity contribution in [2.75, 3.05) is 18.8 Å². The second-order valence-corrected chi connectivity index (χ2v) is 9.87. The van der Waals surface area contributed by atoms with Gasteiger partial charge in [-0.05, 0) is 41.3 Å². The van der Waals surface area contributed by atoms with E-state index in [4.69, 9.17) is 17.3 Å². The van der Waals surface area contributed by atoms with Crippen molar-refractivity contribution in [3.05, 3.63) is 117 Å². The number of rotatable bonds is 8. The molecule has 1 aliphatic rings. The number of pyridine rings is 1. The lowest BCUT2D eigenvalue weighted by Gasteiger charge is -2.17. The van der Waals surface area contributed by atoms with Crippen molar-refractivity contribution in [3.8, 4) is 0 Å². The molecule has 1 fully saturated rings. The van der Waals surface area contributed by atoms with E-state index in [9.17, 15) is 9.59 Å². The van der Waals surface area contributed by atoms with Crippen LogP contribution in [-0.2, 0) is 19.6 Å². The van der Waals surface area contributed by atoms with Crippen molar-refractivity contribution in [3.63, 3.8) is 0 Å². The SMILES string of the molecule is Nc1nn(Cc2ccc(Cn3ccccc3=O)cc2)cc1C(=O)N[C@H]1CCN(Cc2cccc(Cl)c2)C1. The number of anilines is 1. The van der Waals surface area contributed by atoms with E-state index in [0.717, 1.165) is 47.8 Å². The summed E-state index contributed by atoms with van der Waals surface area (Å²) in [6.45, 7) is 3.47. The number of carbonyl (C=O) groups excluding carboxylic acids is 1. The number of carbonyl (C=O) groups is 1. The highest BCUT2D eigenvalue weighted by atomic mass is 35.5. The molecule has 3 N–H and O–H groups in total. The van der Waals surface area contributed by atoms with Crippen molar-refractivity contribution in [1.29, 1.82) is 0 Å². The van der Waals surface area contributed by atoms with E-state index in [1.165, 1.54) is 0 Å². The molecule has 0 spiro atoms. The number of halogens is 1. The quantitative estimate of drug-likeness (QED) is 0.374. The second kappa shape index (κ2) is 11.0. The van der Waals surface area contributed by atoms with E-state index in [1.807, 2.05) is 48.5 Å². The monoisotopic (exact) mass is 516 g/mol. The predicted molar refractivity (Wildman–Crippen MR) is 145 cm³/mol. The lowest BCUT2D eigenvalue weighted by molar-refractivity contribution is 0.0938. The van der Waals surface area contributed by atoms with Crippen molar-refractivity contribution >= 4 is 23.3 Å². The largest absolute Gasteiger partial charge is 0.382 e. The molecule has 1 aliphatic heterocycles. The maximum atomic E-state index is 12.9. The van der Waals surface area contributed by atoms with Crippen LogP contribution in [0.3, 0.4) is 0 Å². The van der Waals surface area contributed by atoms with Crippen LogP contribution in [-0.4, -0.2) is 44.3 Å². The maximum Gasteiger partial charge on any atom is 0.256 e. The van der Waals surface area contributed by atoms with E-state index < -0.39 is 0 Å². The van der Waals surface area contributed by atoms with Crippen LogP contribution in [0.4, 0.5) is 5.82 Å². The summed E-state index contributed by atoms with van der Waals surface area (Å²) in [7, 11) is 0. The maximum absolute atomic E-state index is 12.9. The number of benzene rings is 2. The van der Waals surface area contributed by atoms with Gasteiger partial charge >= 0.3 is 0 Å². The number of nitrogens with zero attached hydrogens (tertiary/aromatic N) is 4. The van der Waals surface area contributed by atoms with Gasteiger partial charge in [-0.15, -0.1) is 0 Å². The summed E-state index contributed by atoms with van der Waals surface area (Å²) in [5.74, 6) is 0.00774. The van der Waals surface area contributed by atoms with E-state index in [1.54, 1.807) is 33.8 Å². The minimum Gasteiger partial charge on any atom is -0.382 e. The molecular weight excluding hydrogens is 488 g/mol. The van der Waals surface area contributed by atoms with Gasteiger partial charge in [0.15, 0.2) is 5.82 Å². The Labute approximate surface area is 220 Å². The smallest absolute Gasteiger partial charge is 0.256 e. The first-order valence-corrected chi connectivity index (χ1v) is 12.6. The fourth-order valence-electron chi connectivity index (χ4n) is 4.67. The normalized spacial score (nSPS) is 15.6. The molecule has 1 amide bonds. The second-order valence-electron chi connectivity index (χ2n) is 9.43. The summed E-state index contributed by atoms with van der Waals surface area (Å²) in [6, 6.07) is 21.0. The molecule has 1 atom stereocenters. The number of nitrogen functional groups attached to an aromatic ring is 1. The van der Waals surface area contributed by atoms with Crippen LogP contribution in [0.25, 0.3) is 0 Å². The summed E-state index contributed by atoms with van der Waals surface area (Å²) in [5, 5.41) is 8.19. The Kier molecular flexibility index (Phi) is 7.39. The number of hydrogen-bond acceptors (Lipinski definition) is 5. The molecule has 1 saturated heterocycles. The molecule has 3 heterocycles. The van der Waals surface area contributed by atoms with Gasteiger partial charge in [0.1, 0.15) is 5.56 Å². The molecule has 0 radical (unpaired) electrons. The highest BCUT2D eigenvalue weighted by Crippen LogP contribution is 2.18. The molecule has 0 unspecified atom stereocenters. The van der Waals surface area contributed by atoms with Crippen LogP contribution in [0, 0.1) is 0 Å². The molecule has 8 nitrogen and oxygen atoms in total. The van der Waals surface area contributed by atoms with Crippen LogP contribution >= 0.6 is 11.6 Å². The van der Waals surface area contributed by atoms with Crippen LogP contribution < -0.4 is 16.6 Å². The lowest BCUT2D eigenvalue weighted by atomic mass is 10.1. The van der Waals surface area contributed by atoms with E-state index in [0.29, 0.717) is 18.7 Å². The molecule has 5 rings (SSSR count). The third-order valence-electron chi connectivity index (χ3n) is 6.56. The first-order chi connectivity index (χ1) is 17.9. The van der Waals surface area contributed by atoms with Crippen molar-refractivity contribution in [2.24, 2.45) is 0 Å². The molecule has 190 valence electrons. The van der Waals surface area contributed by atoms with Crippen LogP contribution in [0.15, 0.2) is 83.9 Å². The van der Waals surface area contributed by atoms with Gasteiger partial charge in [0.2, 0.25) is 0 Å². The highest BCUT2D eigenvalue weighted by Gasteiger charge is 2.25. The molecule has 2 aromatic heterocycles. The molecule has 37 heavy (non-hydrogen) atoms. The first-order valence-electron chi connectivity index (χ1n) is 12.3. The number of nitrogens with two attached hydrogens (primary N) is 1. The number of amides is 1. The summed E-state index contributed by atoms with van der Waals surface area (Å²) in [4.78, 5) is 27.2. The summed E-state index contributed by atoms with van der Waals surface area (Å²) in [5.41, 5.74) is 9.65. The number of likely N-dealkylation sites (tertiary alicyclic amines) is 1. The zero-order valence-electron chi connectivity index (χ0n) is 20.4. The zero-order chi connectivity index (χ0) is 25.8. The molecule has 2 aromatic carbocycles. The highest BCUT2D eigenvalue weighted by molar-refractivity contribution is 6.30. The van der Waals surface area contributed by atoms with Gasteiger partial charge in [-0.3, -0.25) is 19.2 Å². The Balaban J connectivity index is 1.16. The molecule has 9 heteroatoms. The van der Waals surface area contributed by atoms with Crippen LogP contribution in [0.1, 0.15) is 33.5 Å².